The zero-order valence-corrected chi connectivity index (χ0v) is 9.08. The summed E-state index contributed by atoms with van der Waals surface area (Å²) in [6, 6.07) is 4.07. The number of aryl methyl sites for hydroxylation is 1. The summed E-state index contributed by atoms with van der Waals surface area (Å²) >= 11 is 0. The molecule has 0 bridgehead atoms. The highest BCUT2D eigenvalue weighted by molar-refractivity contribution is 5.47. The number of nitrogens with two attached hydrogens (primary N) is 1. The van der Waals surface area contributed by atoms with E-state index in [1.807, 2.05) is 6.07 Å². The quantitative estimate of drug-likeness (QED) is 0.805. The Labute approximate surface area is 90.2 Å². The third kappa shape index (κ3) is 2.07. The van der Waals surface area contributed by atoms with Crippen LogP contribution in [0.15, 0.2) is 12.1 Å². The Morgan fingerprint density at radius 3 is 2.27 bits per heavy atom. The summed E-state index contributed by atoms with van der Waals surface area (Å²) < 4.78 is 11.2. The lowest BCUT2D eigenvalue weighted by Gasteiger charge is -2.12. The van der Waals surface area contributed by atoms with Crippen molar-refractivity contribution in [2.24, 2.45) is 5.73 Å². The average molecular weight is 207 g/mol. The summed E-state index contributed by atoms with van der Waals surface area (Å²) in [5.74, 6) is 1.70. The van der Waals surface area contributed by atoms with Crippen LogP contribution in [0.3, 0.4) is 0 Å². The van der Waals surface area contributed by atoms with E-state index in [1.165, 1.54) is 5.56 Å². The van der Waals surface area contributed by atoms with E-state index in [4.69, 9.17) is 15.2 Å². The third-order valence-corrected chi connectivity index (χ3v) is 2.67. The van der Waals surface area contributed by atoms with Gasteiger partial charge in [0.15, 0.2) is 11.5 Å². The maximum Gasteiger partial charge on any atom is 0.161 e. The van der Waals surface area contributed by atoms with E-state index >= 15 is 0 Å². The van der Waals surface area contributed by atoms with Crippen molar-refractivity contribution in [3.8, 4) is 11.5 Å². The standard InChI is InChI=1S/C12H17NO2/c1-2-9-6-11-12(7-10(9)8-13)15-5-3-4-14-11/h6-7H,2-5,8,13H2,1H3. The zero-order chi connectivity index (χ0) is 10.7. The number of hydrogen-bond donors (Lipinski definition) is 1. The van der Waals surface area contributed by atoms with E-state index in [-0.39, 0.29) is 0 Å². The van der Waals surface area contributed by atoms with E-state index in [0.29, 0.717) is 6.54 Å². The lowest BCUT2D eigenvalue weighted by atomic mass is 10.0. The van der Waals surface area contributed by atoms with Crippen LogP contribution < -0.4 is 15.2 Å². The first-order valence-corrected chi connectivity index (χ1v) is 5.46. The molecule has 82 valence electrons. The van der Waals surface area contributed by atoms with Crippen LogP contribution in [0.1, 0.15) is 24.5 Å². The Morgan fingerprint density at radius 2 is 1.73 bits per heavy atom. The van der Waals surface area contributed by atoms with Crippen LogP contribution in [0.4, 0.5) is 0 Å². The van der Waals surface area contributed by atoms with E-state index in [9.17, 15) is 0 Å². The normalized spacial score (nSPS) is 14.8. The monoisotopic (exact) mass is 207 g/mol. The number of ether oxygens (including phenoxy) is 2. The molecule has 1 heterocycles. The average Bonchev–Trinajstić information content (AvgIpc) is 2.51. The molecule has 1 aliphatic rings. The van der Waals surface area contributed by atoms with Gasteiger partial charge in [-0.2, -0.15) is 0 Å². The van der Waals surface area contributed by atoms with E-state index in [2.05, 4.69) is 13.0 Å². The van der Waals surface area contributed by atoms with Crippen molar-refractivity contribution < 1.29 is 9.47 Å². The van der Waals surface area contributed by atoms with Crippen molar-refractivity contribution in [3.05, 3.63) is 23.3 Å². The molecule has 3 nitrogen and oxygen atoms in total. The molecule has 3 heteroatoms. The minimum atomic E-state index is 0.555. The molecule has 1 aromatic rings. The first-order valence-electron chi connectivity index (χ1n) is 5.46. The van der Waals surface area contributed by atoms with Gasteiger partial charge in [-0.1, -0.05) is 6.92 Å². The third-order valence-electron chi connectivity index (χ3n) is 2.67. The van der Waals surface area contributed by atoms with Gasteiger partial charge in [0.1, 0.15) is 0 Å². The number of rotatable bonds is 2. The SMILES string of the molecule is CCc1cc2c(cc1CN)OCCCO2. The van der Waals surface area contributed by atoms with Gasteiger partial charge in [0.2, 0.25) is 0 Å². The maximum atomic E-state index is 5.70. The minimum absolute atomic E-state index is 0.555. The molecule has 0 saturated heterocycles. The van der Waals surface area contributed by atoms with Crippen LogP contribution in [-0.2, 0) is 13.0 Å². The summed E-state index contributed by atoms with van der Waals surface area (Å²) in [7, 11) is 0. The maximum absolute atomic E-state index is 5.70. The topological polar surface area (TPSA) is 44.5 Å². The Morgan fingerprint density at radius 1 is 1.13 bits per heavy atom. The van der Waals surface area contributed by atoms with Crippen molar-refractivity contribution in [2.75, 3.05) is 13.2 Å². The molecule has 0 aromatic heterocycles. The van der Waals surface area contributed by atoms with Gasteiger partial charge in [-0.3, -0.25) is 0 Å². The molecule has 1 aromatic carbocycles. The second kappa shape index (κ2) is 4.53. The fraction of sp³-hybridized carbons (Fsp3) is 0.500. The van der Waals surface area contributed by atoms with Gasteiger partial charge in [-0.25, -0.2) is 0 Å². The molecular formula is C12H17NO2. The first kappa shape index (κ1) is 10.3. The summed E-state index contributed by atoms with van der Waals surface area (Å²) in [6.45, 7) is 4.14. The highest BCUT2D eigenvalue weighted by Crippen LogP contribution is 2.32. The van der Waals surface area contributed by atoms with Gasteiger partial charge < -0.3 is 15.2 Å². The second-order valence-electron chi connectivity index (χ2n) is 3.68. The largest absolute Gasteiger partial charge is 0.490 e. The summed E-state index contributed by atoms with van der Waals surface area (Å²) in [4.78, 5) is 0. The molecule has 0 fully saturated rings. The first-order chi connectivity index (χ1) is 7.35. The van der Waals surface area contributed by atoms with E-state index in [0.717, 1.165) is 43.1 Å². The molecule has 0 atom stereocenters. The highest BCUT2D eigenvalue weighted by atomic mass is 16.5. The summed E-state index contributed by atoms with van der Waals surface area (Å²) in [5.41, 5.74) is 8.11. The summed E-state index contributed by atoms with van der Waals surface area (Å²) in [6.07, 6.45) is 1.91. The molecule has 1 aliphatic heterocycles. The Bertz CT molecular complexity index is 317. The fourth-order valence-corrected chi connectivity index (χ4v) is 1.81. The predicted octanol–water partition coefficient (Wildman–Crippen LogP) is 1.87. The van der Waals surface area contributed by atoms with Crippen molar-refractivity contribution >= 4 is 0 Å². The number of benzene rings is 1. The van der Waals surface area contributed by atoms with Crippen molar-refractivity contribution in [1.82, 2.24) is 0 Å². The van der Waals surface area contributed by atoms with Crippen LogP contribution in [0.25, 0.3) is 0 Å². The smallest absolute Gasteiger partial charge is 0.161 e. The van der Waals surface area contributed by atoms with Crippen molar-refractivity contribution in [2.45, 2.75) is 26.3 Å². The van der Waals surface area contributed by atoms with Crippen LogP contribution in [0, 0.1) is 0 Å². The van der Waals surface area contributed by atoms with Crippen molar-refractivity contribution in [3.63, 3.8) is 0 Å². The van der Waals surface area contributed by atoms with Gasteiger partial charge >= 0.3 is 0 Å². The molecule has 0 unspecified atom stereocenters. The lowest BCUT2D eigenvalue weighted by Crippen LogP contribution is -2.03. The highest BCUT2D eigenvalue weighted by Gasteiger charge is 2.13. The van der Waals surface area contributed by atoms with Crippen LogP contribution in [0.2, 0.25) is 0 Å². The van der Waals surface area contributed by atoms with E-state index < -0.39 is 0 Å². The van der Waals surface area contributed by atoms with Crippen LogP contribution in [-0.4, -0.2) is 13.2 Å². The lowest BCUT2D eigenvalue weighted by molar-refractivity contribution is 0.297. The molecule has 0 aliphatic carbocycles. The Balaban J connectivity index is 2.41. The minimum Gasteiger partial charge on any atom is -0.490 e. The van der Waals surface area contributed by atoms with Gasteiger partial charge in [0, 0.05) is 13.0 Å². The summed E-state index contributed by atoms with van der Waals surface area (Å²) in [5, 5.41) is 0. The number of hydrogen-bond acceptors (Lipinski definition) is 3. The molecule has 0 spiro atoms. The fourth-order valence-electron chi connectivity index (χ4n) is 1.81. The second-order valence-corrected chi connectivity index (χ2v) is 3.68. The molecule has 0 amide bonds. The Kier molecular flexibility index (Phi) is 3.11. The van der Waals surface area contributed by atoms with E-state index in [1.54, 1.807) is 0 Å². The molecule has 15 heavy (non-hydrogen) atoms. The van der Waals surface area contributed by atoms with Gasteiger partial charge in [0.25, 0.3) is 0 Å². The van der Waals surface area contributed by atoms with Gasteiger partial charge in [-0.05, 0) is 29.7 Å². The van der Waals surface area contributed by atoms with Crippen LogP contribution >= 0.6 is 0 Å². The van der Waals surface area contributed by atoms with Gasteiger partial charge in [-0.15, -0.1) is 0 Å². The van der Waals surface area contributed by atoms with Crippen LogP contribution in [0.5, 0.6) is 11.5 Å². The van der Waals surface area contributed by atoms with Gasteiger partial charge in [0.05, 0.1) is 13.2 Å². The molecule has 0 saturated carbocycles. The Hall–Kier alpha value is -1.22. The number of fused-ring (bicyclic) bond motifs is 1. The zero-order valence-electron chi connectivity index (χ0n) is 9.08. The molecular weight excluding hydrogens is 190 g/mol. The predicted molar refractivity (Wildman–Crippen MR) is 59.3 cm³/mol. The molecule has 2 N–H and O–H groups in total. The molecule has 2 rings (SSSR count). The van der Waals surface area contributed by atoms with Crippen molar-refractivity contribution in [1.29, 1.82) is 0 Å². The molecule has 0 radical (unpaired) electrons.